The summed E-state index contributed by atoms with van der Waals surface area (Å²) in [6, 6.07) is 6.32. The molecule has 0 aliphatic carbocycles. The van der Waals surface area contributed by atoms with E-state index < -0.39 is 10.0 Å². The molecule has 0 atom stereocenters. The van der Waals surface area contributed by atoms with Crippen LogP contribution in [0.1, 0.15) is 35.2 Å². The standard InChI is InChI=1S/C18H21ClN2O3S2/c1-20(12-14-7-10-25-13-14)18(22)16-11-15(5-6-17(16)19)26(23,24)21-8-3-2-4-9-21/h5-7,10-11,13H,2-4,8-9,12H2,1H3. The Morgan fingerprint density at radius 1 is 1.23 bits per heavy atom. The minimum Gasteiger partial charge on any atom is -0.337 e. The summed E-state index contributed by atoms with van der Waals surface area (Å²) in [6.07, 6.45) is 2.77. The number of hydrogen-bond donors (Lipinski definition) is 0. The van der Waals surface area contributed by atoms with Crippen LogP contribution < -0.4 is 0 Å². The molecule has 0 radical (unpaired) electrons. The lowest BCUT2D eigenvalue weighted by molar-refractivity contribution is 0.0785. The molecule has 26 heavy (non-hydrogen) atoms. The third-order valence-corrected chi connectivity index (χ3v) is 7.42. The molecule has 2 aromatic rings. The van der Waals surface area contributed by atoms with Gasteiger partial charge in [0, 0.05) is 26.7 Å². The van der Waals surface area contributed by atoms with Gasteiger partial charge in [0.05, 0.1) is 15.5 Å². The van der Waals surface area contributed by atoms with E-state index in [0.717, 1.165) is 24.8 Å². The van der Waals surface area contributed by atoms with Gasteiger partial charge in [-0.15, -0.1) is 0 Å². The highest BCUT2D eigenvalue weighted by Crippen LogP contribution is 2.26. The zero-order chi connectivity index (χ0) is 18.7. The number of carbonyl (C=O) groups is 1. The maximum Gasteiger partial charge on any atom is 0.255 e. The van der Waals surface area contributed by atoms with Crippen molar-refractivity contribution in [3.63, 3.8) is 0 Å². The summed E-state index contributed by atoms with van der Waals surface area (Å²) < 4.78 is 27.2. The highest BCUT2D eigenvalue weighted by molar-refractivity contribution is 7.89. The van der Waals surface area contributed by atoms with Gasteiger partial charge in [0.25, 0.3) is 5.91 Å². The van der Waals surface area contributed by atoms with Crippen molar-refractivity contribution in [1.82, 2.24) is 9.21 Å². The van der Waals surface area contributed by atoms with E-state index in [9.17, 15) is 13.2 Å². The van der Waals surface area contributed by atoms with Gasteiger partial charge in [-0.2, -0.15) is 15.6 Å². The topological polar surface area (TPSA) is 57.7 Å². The van der Waals surface area contributed by atoms with E-state index in [2.05, 4.69) is 0 Å². The summed E-state index contributed by atoms with van der Waals surface area (Å²) in [5, 5.41) is 4.18. The van der Waals surface area contributed by atoms with Crippen molar-refractivity contribution in [3.05, 3.63) is 51.2 Å². The third-order valence-electron chi connectivity index (χ3n) is 4.47. The molecule has 1 fully saturated rings. The molecule has 1 aliphatic rings. The molecule has 0 spiro atoms. The molecule has 0 N–H and O–H groups in total. The largest absolute Gasteiger partial charge is 0.337 e. The monoisotopic (exact) mass is 412 g/mol. The highest BCUT2D eigenvalue weighted by atomic mass is 35.5. The Balaban J connectivity index is 1.86. The molecule has 0 bridgehead atoms. The lowest BCUT2D eigenvalue weighted by atomic mass is 10.2. The summed E-state index contributed by atoms with van der Waals surface area (Å²) in [5.74, 6) is -0.295. The molecule has 140 valence electrons. The molecule has 0 saturated carbocycles. The van der Waals surface area contributed by atoms with Gasteiger partial charge in [-0.3, -0.25) is 4.79 Å². The van der Waals surface area contributed by atoms with Gasteiger partial charge in [-0.25, -0.2) is 8.42 Å². The first-order valence-electron chi connectivity index (χ1n) is 8.46. The van der Waals surface area contributed by atoms with Crippen molar-refractivity contribution >= 4 is 38.9 Å². The Labute approximate surface area is 163 Å². The first-order chi connectivity index (χ1) is 12.4. The zero-order valence-electron chi connectivity index (χ0n) is 14.5. The predicted octanol–water partition coefficient (Wildman–Crippen LogP) is 3.85. The van der Waals surface area contributed by atoms with Crippen LogP contribution >= 0.6 is 22.9 Å². The fourth-order valence-corrected chi connectivity index (χ4v) is 5.42. The average molecular weight is 413 g/mol. The first kappa shape index (κ1) is 19.4. The minimum absolute atomic E-state index is 0.121. The van der Waals surface area contributed by atoms with Crippen LogP contribution in [0.4, 0.5) is 0 Å². The number of nitrogens with zero attached hydrogens (tertiary/aromatic N) is 2. The number of thiophene rings is 1. The maximum atomic E-state index is 12.9. The van der Waals surface area contributed by atoms with Gasteiger partial charge in [-0.05, 0) is 53.4 Å². The number of piperidine rings is 1. The molecule has 0 unspecified atom stereocenters. The van der Waals surface area contributed by atoms with Gasteiger partial charge < -0.3 is 4.90 Å². The molecule has 8 heteroatoms. The SMILES string of the molecule is CN(Cc1ccsc1)C(=O)c1cc(S(=O)(=O)N2CCCCC2)ccc1Cl. The summed E-state index contributed by atoms with van der Waals surface area (Å²) in [7, 11) is -1.92. The predicted molar refractivity (Wildman–Crippen MR) is 104 cm³/mol. The number of rotatable bonds is 5. The van der Waals surface area contributed by atoms with Crippen LogP contribution in [0.5, 0.6) is 0 Å². The number of halogens is 1. The van der Waals surface area contributed by atoms with Crippen LogP contribution in [-0.2, 0) is 16.6 Å². The zero-order valence-corrected chi connectivity index (χ0v) is 16.9. The Kier molecular flexibility index (Phi) is 6.02. The summed E-state index contributed by atoms with van der Waals surface area (Å²) in [4.78, 5) is 14.4. The number of sulfonamides is 1. The van der Waals surface area contributed by atoms with E-state index in [1.165, 1.54) is 22.5 Å². The fraction of sp³-hybridized carbons (Fsp3) is 0.389. The van der Waals surface area contributed by atoms with Gasteiger partial charge in [0.1, 0.15) is 0 Å². The molecular formula is C18H21ClN2O3S2. The van der Waals surface area contributed by atoms with Crippen LogP contribution in [0, 0.1) is 0 Å². The molecule has 1 saturated heterocycles. The average Bonchev–Trinajstić information content (AvgIpc) is 3.15. The summed E-state index contributed by atoms with van der Waals surface area (Å²) >= 11 is 7.76. The molecular weight excluding hydrogens is 392 g/mol. The van der Waals surface area contributed by atoms with E-state index in [0.29, 0.717) is 19.6 Å². The van der Waals surface area contributed by atoms with Crippen molar-refractivity contribution in [1.29, 1.82) is 0 Å². The van der Waals surface area contributed by atoms with Crippen molar-refractivity contribution in [3.8, 4) is 0 Å². The van der Waals surface area contributed by atoms with Crippen LogP contribution in [0.2, 0.25) is 5.02 Å². The molecule has 3 rings (SSSR count). The number of benzene rings is 1. The van der Waals surface area contributed by atoms with Crippen LogP contribution in [-0.4, -0.2) is 43.7 Å². The van der Waals surface area contributed by atoms with Crippen LogP contribution in [0.25, 0.3) is 0 Å². The van der Waals surface area contributed by atoms with Crippen molar-refractivity contribution in [2.24, 2.45) is 0 Å². The van der Waals surface area contributed by atoms with Crippen LogP contribution in [0.15, 0.2) is 39.9 Å². The second kappa shape index (κ2) is 8.08. The highest BCUT2D eigenvalue weighted by Gasteiger charge is 2.27. The lowest BCUT2D eigenvalue weighted by Gasteiger charge is -2.26. The molecule has 1 aliphatic heterocycles. The Bertz CT molecular complexity index is 876. The summed E-state index contributed by atoms with van der Waals surface area (Å²) in [6.45, 7) is 1.49. The first-order valence-corrected chi connectivity index (χ1v) is 11.2. The number of amides is 1. The number of hydrogen-bond acceptors (Lipinski definition) is 4. The van der Waals surface area contributed by atoms with Gasteiger partial charge >= 0.3 is 0 Å². The molecule has 1 aromatic heterocycles. The van der Waals surface area contributed by atoms with Crippen LogP contribution in [0.3, 0.4) is 0 Å². The van der Waals surface area contributed by atoms with E-state index in [1.54, 1.807) is 23.3 Å². The van der Waals surface area contributed by atoms with Crippen molar-refractivity contribution in [2.75, 3.05) is 20.1 Å². The van der Waals surface area contributed by atoms with Crippen molar-refractivity contribution in [2.45, 2.75) is 30.7 Å². The summed E-state index contributed by atoms with van der Waals surface area (Å²) in [5.41, 5.74) is 1.24. The second-order valence-electron chi connectivity index (χ2n) is 6.40. The molecule has 1 aromatic carbocycles. The molecule has 2 heterocycles. The van der Waals surface area contributed by atoms with Gasteiger partial charge in [0.15, 0.2) is 0 Å². The second-order valence-corrected chi connectivity index (χ2v) is 9.52. The number of carbonyl (C=O) groups excluding carboxylic acids is 1. The quantitative estimate of drug-likeness (QED) is 0.749. The van der Waals surface area contributed by atoms with E-state index in [1.807, 2.05) is 16.8 Å². The van der Waals surface area contributed by atoms with E-state index in [-0.39, 0.29) is 21.4 Å². The van der Waals surface area contributed by atoms with Gasteiger partial charge in [0.2, 0.25) is 10.0 Å². The Hall–Kier alpha value is -1.41. The smallest absolute Gasteiger partial charge is 0.255 e. The fourth-order valence-electron chi connectivity index (χ4n) is 3.02. The molecule has 1 amide bonds. The normalized spacial score (nSPS) is 15.8. The maximum absolute atomic E-state index is 12.9. The van der Waals surface area contributed by atoms with Gasteiger partial charge in [-0.1, -0.05) is 18.0 Å². The lowest BCUT2D eigenvalue weighted by Crippen LogP contribution is -2.35. The molecule has 5 nitrogen and oxygen atoms in total. The Morgan fingerprint density at radius 3 is 2.62 bits per heavy atom. The third kappa shape index (κ3) is 4.11. The van der Waals surface area contributed by atoms with Crippen molar-refractivity contribution < 1.29 is 13.2 Å². The Morgan fingerprint density at radius 2 is 1.96 bits per heavy atom. The van der Waals surface area contributed by atoms with E-state index >= 15 is 0 Å². The minimum atomic E-state index is -3.60. The van der Waals surface area contributed by atoms with E-state index in [4.69, 9.17) is 11.6 Å².